The first kappa shape index (κ1) is 27.1. The van der Waals surface area contributed by atoms with Crippen molar-refractivity contribution in [3.8, 4) is 11.8 Å². The Morgan fingerprint density at radius 2 is 1.89 bits per heavy atom. The van der Waals surface area contributed by atoms with E-state index in [1.54, 1.807) is 18.2 Å². The molecular weight excluding hydrogens is 506 g/mol. The molecule has 1 aromatic heterocycles. The number of ether oxygens (including phenoxy) is 1. The number of hydrogen-bond acceptors (Lipinski definition) is 9. The van der Waals surface area contributed by atoms with Gasteiger partial charge in [-0.25, -0.2) is 9.97 Å². The molecule has 0 aliphatic carbocycles. The number of methoxy groups -OCH3 is 1. The van der Waals surface area contributed by atoms with Crippen LogP contribution in [0, 0.1) is 11.3 Å². The van der Waals surface area contributed by atoms with E-state index < -0.39 is 5.91 Å². The molecule has 1 aliphatic heterocycles. The minimum atomic E-state index is -0.597. The fraction of sp³-hybridized carbons (Fsp3) is 0.333. The minimum absolute atomic E-state index is 0.0424. The molecule has 0 saturated carbocycles. The quantitative estimate of drug-likeness (QED) is 0.393. The molecule has 1 aliphatic rings. The zero-order chi connectivity index (χ0) is 27.3. The number of amides is 1. The molecule has 10 nitrogen and oxygen atoms in total. The molecule has 3 N–H and O–H groups in total. The van der Waals surface area contributed by atoms with E-state index in [0.717, 1.165) is 37.6 Å². The largest absolute Gasteiger partial charge is 0.495 e. The van der Waals surface area contributed by atoms with Crippen LogP contribution in [0.4, 0.5) is 23.0 Å². The molecule has 1 saturated heterocycles. The summed E-state index contributed by atoms with van der Waals surface area (Å²) < 4.78 is 5.28. The van der Waals surface area contributed by atoms with Gasteiger partial charge in [0.05, 0.1) is 30.5 Å². The fourth-order valence-electron chi connectivity index (χ4n) is 4.24. The lowest BCUT2D eigenvalue weighted by molar-refractivity contribution is 0.0527. The minimum Gasteiger partial charge on any atom is -0.495 e. The molecule has 0 unspecified atom stereocenters. The van der Waals surface area contributed by atoms with Gasteiger partial charge >= 0.3 is 0 Å². The van der Waals surface area contributed by atoms with Crippen molar-refractivity contribution in [2.45, 2.75) is 19.4 Å². The zero-order valence-corrected chi connectivity index (χ0v) is 22.3. The Morgan fingerprint density at radius 3 is 2.53 bits per heavy atom. The molecule has 4 rings (SSSR count). The van der Waals surface area contributed by atoms with Crippen LogP contribution in [0.1, 0.15) is 29.9 Å². The molecule has 3 aromatic rings. The third-order valence-corrected chi connectivity index (χ3v) is 6.85. The van der Waals surface area contributed by atoms with Gasteiger partial charge in [0, 0.05) is 43.1 Å². The lowest BCUT2D eigenvalue weighted by atomic mass is 10.0. The number of rotatable bonds is 8. The van der Waals surface area contributed by atoms with Crippen LogP contribution in [0.5, 0.6) is 5.75 Å². The van der Waals surface area contributed by atoms with E-state index in [1.807, 2.05) is 30.3 Å². The fourth-order valence-corrected chi connectivity index (χ4v) is 4.41. The summed E-state index contributed by atoms with van der Waals surface area (Å²) in [5.41, 5.74) is 2.07. The van der Waals surface area contributed by atoms with Gasteiger partial charge in [0.15, 0.2) is 5.69 Å². The monoisotopic (exact) mass is 535 g/mol. The van der Waals surface area contributed by atoms with E-state index >= 15 is 0 Å². The van der Waals surface area contributed by atoms with Crippen LogP contribution in [-0.2, 0) is 0 Å². The number of piperazine rings is 1. The van der Waals surface area contributed by atoms with Crippen molar-refractivity contribution >= 4 is 40.5 Å². The van der Waals surface area contributed by atoms with E-state index in [9.17, 15) is 15.2 Å². The Balaban J connectivity index is 1.44. The van der Waals surface area contributed by atoms with Gasteiger partial charge in [0.2, 0.25) is 5.95 Å². The highest BCUT2D eigenvalue weighted by molar-refractivity contribution is 6.34. The smallest absolute Gasteiger partial charge is 0.276 e. The van der Waals surface area contributed by atoms with Crippen molar-refractivity contribution in [2.75, 3.05) is 55.4 Å². The molecule has 2 aromatic carbocycles. The molecule has 0 bridgehead atoms. The van der Waals surface area contributed by atoms with Crippen molar-refractivity contribution in [1.82, 2.24) is 14.9 Å². The third kappa shape index (κ3) is 5.97. The predicted molar refractivity (Wildman–Crippen MR) is 147 cm³/mol. The highest BCUT2D eigenvalue weighted by atomic mass is 35.5. The summed E-state index contributed by atoms with van der Waals surface area (Å²) in [5, 5.41) is 24.9. The van der Waals surface area contributed by atoms with Gasteiger partial charge in [-0.2, -0.15) is 5.26 Å². The molecule has 0 atom stereocenters. The number of halogens is 1. The maximum atomic E-state index is 13.0. The normalized spacial score (nSPS) is 14.1. The topological polar surface area (TPSA) is 127 Å². The number of nitrogens with one attached hydrogen (secondary N) is 2. The SMILES string of the molecule is COc1cccc(C#N)c1NC(=O)c1nc(Nc2ccc(N3CCN(C(C)(C)CO)CC3)cc2)ncc1Cl. The van der Waals surface area contributed by atoms with E-state index in [2.05, 4.69) is 44.2 Å². The number of aliphatic hydroxyl groups excluding tert-OH is 1. The molecule has 0 spiro atoms. The molecule has 38 heavy (non-hydrogen) atoms. The molecule has 1 fully saturated rings. The number of hydrogen-bond donors (Lipinski definition) is 3. The number of carbonyl (C=O) groups excluding carboxylic acids is 1. The molecule has 0 radical (unpaired) electrons. The van der Waals surface area contributed by atoms with Gasteiger partial charge in [-0.1, -0.05) is 17.7 Å². The second-order valence-electron chi connectivity index (χ2n) is 9.46. The van der Waals surface area contributed by atoms with E-state index in [1.165, 1.54) is 13.3 Å². The number of anilines is 4. The number of nitrogens with zero attached hydrogens (tertiary/aromatic N) is 5. The summed E-state index contributed by atoms with van der Waals surface area (Å²) in [4.78, 5) is 26.1. The van der Waals surface area contributed by atoms with Crippen LogP contribution < -0.4 is 20.3 Å². The zero-order valence-electron chi connectivity index (χ0n) is 21.5. The Bertz CT molecular complexity index is 1330. The second-order valence-corrected chi connectivity index (χ2v) is 9.86. The maximum Gasteiger partial charge on any atom is 0.276 e. The van der Waals surface area contributed by atoms with Crippen molar-refractivity contribution in [2.24, 2.45) is 0 Å². The summed E-state index contributed by atoms with van der Waals surface area (Å²) in [6, 6.07) is 14.8. The Hall–Kier alpha value is -3.91. The third-order valence-electron chi connectivity index (χ3n) is 6.58. The standard InChI is InChI=1S/C27H30ClN7O3/c1-27(2,17-36)35-13-11-34(12-14-35)20-9-7-19(8-10-20)31-26-30-16-21(28)24(33-26)25(37)32-23-18(15-29)5-4-6-22(23)38-3/h4-10,16,36H,11-14,17H2,1-3H3,(H,32,37)(H,30,31,33). The first-order valence-electron chi connectivity index (χ1n) is 12.1. The van der Waals surface area contributed by atoms with Crippen LogP contribution in [0.3, 0.4) is 0 Å². The van der Waals surface area contributed by atoms with Crippen LogP contribution >= 0.6 is 11.6 Å². The van der Waals surface area contributed by atoms with Crippen molar-refractivity contribution in [3.05, 3.63) is 64.9 Å². The van der Waals surface area contributed by atoms with Crippen molar-refractivity contribution < 1.29 is 14.6 Å². The number of carbonyl (C=O) groups is 1. The molecule has 2 heterocycles. The Morgan fingerprint density at radius 1 is 1.18 bits per heavy atom. The van der Waals surface area contributed by atoms with Gasteiger partial charge in [-0.15, -0.1) is 0 Å². The Kier molecular flexibility index (Phi) is 8.32. The summed E-state index contributed by atoms with van der Waals surface area (Å²) in [5.74, 6) is -0.0486. The van der Waals surface area contributed by atoms with Gasteiger partial charge in [0.25, 0.3) is 5.91 Å². The summed E-state index contributed by atoms with van der Waals surface area (Å²) in [6.07, 6.45) is 1.35. The van der Waals surface area contributed by atoms with Gasteiger partial charge < -0.3 is 25.4 Å². The lowest BCUT2D eigenvalue weighted by Crippen LogP contribution is -2.56. The molecule has 198 valence electrons. The highest BCUT2D eigenvalue weighted by Gasteiger charge is 2.29. The summed E-state index contributed by atoms with van der Waals surface area (Å²) in [7, 11) is 1.45. The average Bonchev–Trinajstić information content (AvgIpc) is 2.94. The average molecular weight is 536 g/mol. The van der Waals surface area contributed by atoms with E-state index in [-0.39, 0.29) is 40.1 Å². The van der Waals surface area contributed by atoms with Crippen LogP contribution in [0.15, 0.2) is 48.7 Å². The van der Waals surface area contributed by atoms with E-state index in [4.69, 9.17) is 16.3 Å². The molecule has 11 heteroatoms. The van der Waals surface area contributed by atoms with Gasteiger partial charge in [0.1, 0.15) is 17.5 Å². The second kappa shape index (κ2) is 11.6. The first-order chi connectivity index (χ1) is 18.2. The van der Waals surface area contributed by atoms with Crippen molar-refractivity contribution in [3.63, 3.8) is 0 Å². The maximum absolute atomic E-state index is 13.0. The number of nitriles is 1. The molecular formula is C27H30ClN7O3. The van der Waals surface area contributed by atoms with Crippen LogP contribution in [0.25, 0.3) is 0 Å². The van der Waals surface area contributed by atoms with E-state index in [0.29, 0.717) is 5.75 Å². The number of benzene rings is 2. The Labute approximate surface area is 226 Å². The molecule has 1 amide bonds. The number of para-hydroxylation sites is 1. The summed E-state index contributed by atoms with van der Waals surface area (Å²) in [6.45, 7) is 7.73. The van der Waals surface area contributed by atoms with Gasteiger partial charge in [-0.3, -0.25) is 9.69 Å². The predicted octanol–water partition coefficient (Wildman–Crippen LogP) is 3.90. The lowest BCUT2D eigenvalue weighted by Gasteiger charge is -2.43. The van der Waals surface area contributed by atoms with Crippen LogP contribution in [-0.4, -0.2) is 71.3 Å². The summed E-state index contributed by atoms with van der Waals surface area (Å²) >= 11 is 6.23. The highest BCUT2D eigenvalue weighted by Crippen LogP contribution is 2.29. The number of aromatic nitrogens is 2. The van der Waals surface area contributed by atoms with Gasteiger partial charge in [-0.05, 0) is 50.2 Å². The van der Waals surface area contributed by atoms with Crippen LogP contribution in [0.2, 0.25) is 5.02 Å². The van der Waals surface area contributed by atoms with Crippen molar-refractivity contribution in [1.29, 1.82) is 5.26 Å². The number of aliphatic hydroxyl groups is 1. The first-order valence-corrected chi connectivity index (χ1v) is 12.5.